The van der Waals surface area contributed by atoms with Gasteiger partial charge >= 0.3 is 0 Å². The van der Waals surface area contributed by atoms with Crippen LogP contribution in [0, 0.1) is 12.7 Å². The molecule has 28 heavy (non-hydrogen) atoms. The first-order valence-corrected chi connectivity index (χ1v) is 8.80. The fourth-order valence-corrected chi connectivity index (χ4v) is 2.52. The van der Waals surface area contributed by atoms with Crippen molar-refractivity contribution in [2.75, 3.05) is 13.2 Å². The summed E-state index contributed by atoms with van der Waals surface area (Å²) in [4.78, 5) is 28.3. The zero-order valence-electron chi connectivity index (χ0n) is 15.4. The predicted molar refractivity (Wildman–Crippen MR) is 104 cm³/mol. The molecular formula is C21H20FN3O3. The van der Waals surface area contributed by atoms with Crippen molar-refractivity contribution in [1.82, 2.24) is 14.9 Å². The monoisotopic (exact) mass is 381 g/mol. The third kappa shape index (κ3) is 5.26. The number of benzene rings is 2. The second kappa shape index (κ2) is 8.94. The molecule has 0 aliphatic heterocycles. The number of carbonyl (C=O) groups is 1. The van der Waals surface area contributed by atoms with Crippen molar-refractivity contribution in [3.63, 3.8) is 0 Å². The number of aryl methyl sites for hydroxylation is 1. The lowest BCUT2D eigenvalue weighted by Gasteiger charge is -2.09. The molecule has 1 heterocycles. The Labute approximate surface area is 161 Å². The van der Waals surface area contributed by atoms with Crippen molar-refractivity contribution in [3.8, 4) is 17.0 Å². The Bertz CT molecular complexity index is 999. The SMILES string of the molecule is Cc1ccc(OCC(=O)NCCn2cnc(-c3ccc(F)cc3)cc2=O)cc1. The van der Waals surface area contributed by atoms with E-state index >= 15 is 0 Å². The number of aromatic nitrogens is 2. The number of nitrogens with one attached hydrogen (secondary N) is 1. The molecule has 0 aliphatic rings. The predicted octanol–water partition coefficient (Wildman–Crippen LogP) is 2.55. The molecule has 0 saturated carbocycles. The van der Waals surface area contributed by atoms with Gasteiger partial charge in [0.15, 0.2) is 6.61 Å². The maximum atomic E-state index is 13.0. The van der Waals surface area contributed by atoms with E-state index in [9.17, 15) is 14.0 Å². The Morgan fingerprint density at radius 3 is 2.54 bits per heavy atom. The lowest BCUT2D eigenvalue weighted by atomic mass is 10.1. The molecule has 0 unspecified atom stereocenters. The van der Waals surface area contributed by atoms with Crippen molar-refractivity contribution in [2.24, 2.45) is 0 Å². The van der Waals surface area contributed by atoms with Gasteiger partial charge in [0.1, 0.15) is 11.6 Å². The molecule has 1 N–H and O–H groups in total. The molecule has 0 bridgehead atoms. The highest BCUT2D eigenvalue weighted by Gasteiger charge is 2.05. The lowest BCUT2D eigenvalue weighted by molar-refractivity contribution is -0.123. The number of carbonyl (C=O) groups excluding carboxylic acids is 1. The molecule has 6 nitrogen and oxygen atoms in total. The summed E-state index contributed by atoms with van der Waals surface area (Å²) in [6.45, 7) is 2.43. The number of amides is 1. The van der Waals surface area contributed by atoms with Crippen LogP contribution in [0.5, 0.6) is 5.75 Å². The van der Waals surface area contributed by atoms with Gasteiger partial charge in [-0.15, -0.1) is 0 Å². The molecular weight excluding hydrogens is 361 g/mol. The van der Waals surface area contributed by atoms with Gasteiger partial charge in [0.05, 0.1) is 12.0 Å². The molecule has 3 aromatic rings. The lowest BCUT2D eigenvalue weighted by Crippen LogP contribution is -2.33. The van der Waals surface area contributed by atoms with E-state index < -0.39 is 0 Å². The Hall–Kier alpha value is -3.48. The Kier molecular flexibility index (Phi) is 6.16. The third-order valence-electron chi connectivity index (χ3n) is 4.09. The van der Waals surface area contributed by atoms with Gasteiger partial charge in [-0.1, -0.05) is 17.7 Å². The standard InChI is InChI=1S/C21H20FN3O3/c1-15-2-8-18(9-3-15)28-13-20(26)23-10-11-25-14-24-19(12-21(25)27)16-4-6-17(22)7-5-16/h2-9,12,14H,10-11,13H2,1H3,(H,23,26). The summed E-state index contributed by atoms with van der Waals surface area (Å²) >= 11 is 0. The zero-order valence-corrected chi connectivity index (χ0v) is 15.4. The summed E-state index contributed by atoms with van der Waals surface area (Å²) in [6.07, 6.45) is 1.41. The maximum absolute atomic E-state index is 13.0. The Balaban J connectivity index is 1.49. The minimum Gasteiger partial charge on any atom is -0.484 e. The number of nitrogens with zero attached hydrogens (tertiary/aromatic N) is 2. The van der Waals surface area contributed by atoms with Crippen molar-refractivity contribution in [1.29, 1.82) is 0 Å². The number of ether oxygens (including phenoxy) is 1. The van der Waals surface area contributed by atoms with Crippen LogP contribution in [-0.2, 0) is 11.3 Å². The van der Waals surface area contributed by atoms with E-state index in [2.05, 4.69) is 10.3 Å². The average Bonchev–Trinajstić information content (AvgIpc) is 2.69. The molecule has 3 rings (SSSR count). The van der Waals surface area contributed by atoms with Crippen LogP contribution in [-0.4, -0.2) is 28.6 Å². The van der Waals surface area contributed by atoms with Gasteiger partial charge in [0.2, 0.25) is 0 Å². The normalized spacial score (nSPS) is 10.5. The summed E-state index contributed by atoms with van der Waals surface area (Å²) in [5.74, 6) is 0.00117. The third-order valence-corrected chi connectivity index (χ3v) is 4.09. The minimum absolute atomic E-state index is 0.0975. The summed E-state index contributed by atoms with van der Waals surface area (Å²) in [5.41, 5.74) is 1.99. The van der Waals surface area contributed by atoms with Gasteiger partial charge in [0, 0.05) is 24.7 Å². The van der Waals surface area contributed by atoms with E-state index in [1.807, 2.05) is 19.1 Å². The van der Waals surface area contributed by atoms with Crippen molar-refractivity contribution >= 4 is 5.91 Å². The molecule has 144 valence electrons. The summed E-state index contributed by atoms with van der Waals surface area (Å²) in [6, 6.07) is 14.6. The maximum Gasteiger partial charge on any atom is 0.258 e. The van der Waals surface area contributed by atoms with Gasteiger partial charge < -0.3 is 10.1 Å². The molecule has 1 aromatic heterocycles. The second-order valence-corrected chi connectivity index (χ2v) is 6.26. The molecule has 0 radical (unpaired) electrons. The first-order valence-electron chi connectivity index (χ1n) is 8.80. The second-order valence-electron chi connectivity index (χ2n) is 6.26. The fraction of sp³-hybridized carbons (Fsp3) is 0.190. The van der Waals surface area contributed by atoms with E-state index in [4.69, 9.17) is 4.74 Å². The highest BCUT2D eigenvalue weighted by Crippen LogP contribution is 2.15. The van der Waals surface area contributed by atoms with E-state index in [1.54, 1.807) is 24.3 Å². The molecule has 0 spiro atoms. The number of rotatable bonds is 7. The van der Waals surface area contributed by atoms with Crippen LogP contribution in [0.3, 0.4) is 0 Å². The van der Waals surface area contributed by atoms with Crippen LogP contribution in [0.4, 0.5) is 4.39 Å². The molecule has 1 amide bonds. The van der Waals surface area contributed by atoms with Gasteiger partial charge in [-0.25, -0.2) is 9.37 Å². The number of hydrogen-bond acceptors (Lipinski definition) is 4. The zero-order chi connectivity index (χ0) is 19.9. The highest BCUT2D eigenvalue weighted by atomic mass is 19.1. The molecule has 0 atom stereocenters. The van der Waals surface area contributed by atoms with Crippen LogP contribution in [0.25, 0.3) is 11.3 Å². The molecule has 0 aliphatic carbocycles. The van der Waals surface area contributed by atoms with Crippen molar-refractivity contribution in [3.05, 3.63) is 82.7 Å². The van der Waals surface area contributed by atoms with Gasteiger partial charge in [0.25, 0.3) is 11.5 Å². The topological polar surface area (TPSA) is 73.2 Å². The van der Waals surface area contributed by atoms with Crippen LogP contribution in [0.2, 0.25) is 0 Å². The first kappa shape index (κ1) is 19.3. The number of halogens is 1. The molecule has 0 saturated heterocycles. The quantitative estimate of drug-likeness (QED) is 0.683. The van der Waals surface area contributed by atoms with E-state index in [0.717, 1.165) is 5.56 Å². The van der Waals surface area contributed by atoms with Gasteiger partial charge in [-0.2, -0.15) is 0 Å². The van der Waals surface area contributed by atoms with E-state index in [-0.39, 0.29) is 37.0 Å². The largest absolute Gasteiger partial charge is 0.484 e. The smallest absolute Gasteiger partial charge is 0.258 e. The van der Waals surface area contributed by atoms with Gasteiger partial charge in [-0.3, -0.25) is 14.2 Å². The van der Waals surface area contributed by atoms with E-state index in [1.165, 1.54) is 29.1 Å². The highest BCUT2D eigenvalue weighted by molar-refractivity contribution is 5.77. The van der Waals surface area contributed by atoms with E-state index in [0.29, 0.717) is 17.0 Å². The average molecular weight is 381 g/mol. The van der Waals surface area contributed by atoms with Crippen LogP contribution in [0.1, 0.15) is 5.56 Å². The Morgan fingerprint density at radius 2 is 1.86 bits per heavy atom. The summed E-state index contributed by atoms with van der Waals surface area (Å²) in [7, 11) is 0. The van der Waals surface area contributed by atoms with Crippen LogP contribution >= 0.6 is 0 Å². The van der Waals surface area contributed by atoms with Gasteiger partial charge in [-0.05, 0) is 43.3 Å². The van der Waals surface area contributed by atoms with Crippen LogP contribution in [0.15, 0.2) is 65.7 Å². The fourth-order valence-electron chi connectivity index (χ4n) is 2.52. The van der Waals surface area contributed by atoms with Crippen LogP contribution < -0.4 is 15.6 Å². The Morgan fingerprint density at radius 1 is 1.14 bits per heavy atom. The summed E-state index contributed by atoms with van der Waals surface area (Å²) < 4.78 is 19.8. The van der Waals surface area contributed by atoms with Crippen molar-refractivity contribution < 1.29 is 13.9 Å². The minimum atomic E-state index is -0.348. The molecule has 0 fully saturated rings. The summed E-state index contributed by atoms with van der Waals surface area (Å²) in [5, 5.41) is 2.70. The van der Waals surface area contributed by atoms with Crippen molar-refractivity contribution in [2.45, 2.75) is 13.5 Å². The molecule has 2 aromatic carbocycles. The molecule has 7 heteroatoms. The first-order chi connectivity index (χ1) is 13.5. The number of hydrogen-bond donors (Lipinski definition) is 1.